The van der Waals surface area contributed by atoms with Crippen molar-refractivity contribution in [2.24, 2.45) is 5.92 Å². The molecule has 0 N–H and O–H groups in total. The first-order valence-electron chi connectivity index (χ1n) is 7.87. The molecule has 1 saturated heterocycles. The standard InChI is InChI=1S/C17H26N2O3/c1-13-7-8-15(18-10-13)21-12-14-6-5-9-19(11-14)16(20)22-17(2,3)4/h7-8,10,14H,5-6,9,11-12H2,1-4H3. The van der Waals surface area contributed by atoms with Crippen molar-refractivity contribution in [1.82, 2.24) is 9.88 Å². The van der Waals surface area contributed by atoms with Crippen LogP contribution < -0.4 is 4.74 Å². The Kier molecular flexibility index (Phi) is 5.27. The third-order valence-electron chi connectivity index (χ3n) is 3.52. The number of hydrogen-bond donors (Lipinski definition) is 0. The van der Waals surface area contributed by atoms with Crippen molar-refractivity contribution in [3.63, 3.8) is 0 Å². The zero-order valence-corrected chi connectivity index (χ0v) is 14.0. The number of rotatable bonds is 3. The topological polar surface area (TPSA) is 51.7 Å². The van der Waals surface area contributed by atoms with Crippen LogP contribution in [0.2, 0.25) is 0 Å². The smallest absolute Gasteiger partial charge is 0.410 e. The molecule has 2 rings (SSSR count). The molecular weight excluding hydrogens is 280 g/mol. The van der Waals surface area contributed by atoms with Crippen molar-refractivity contribution in [3.05, 3.63) is 23.9 Å². The van der Waals surface area contributed by atoms with Gasteiger partial charge in [-0.05, 0) is 46.1 Å². The van der Waals surface area contributed by atoms with Crippen LogP contribution in [0.25, 0.3) is 0 Å². The minimum atomic E-state index is -0.452. The highest BCUT2D eigenvalue weighted by Gasteiger charge is 2.27. The summed E-state index contributed by atoms with van der Waals surface area (Å²) in [6.45, 7) is 9.68. The summed E-state index contributed by atoms with van der Waals surface area (Å²) < 4.78 is 11.2. The van der Waals surface area contributed by atoms with Gasteiger partial charge in [0.1, 0.15) is 5.60 Å². The van der Waals surface area contributed by atoms with E-state index in [2.05, 4.69) is 4.98 Å². The predicted octanol–water partition coefficient (Wildman–Crippen LogP) is 3.42. The normalized spacial score (nSPS) is 18.9. The molecule has 122 valence electrons. The fraction of sp³-hybridized carbons (Fsp3) is 0.647. The average Bonchev–Trinajstić information content (AvgIpc) is 2.45. The fourth-order valence-corrected chi connectivity index (χ4v) is 2.44. The number of carbonyl (C=O) groups excluding carboxylic acids is 1. The van der Waals surface area contributed by atoms with Gasteiger partial charge in [0.25, 0.3) is 0 Å². The van der Waals surface area contributed by atoms with Crippen molar-refractivity contribution in [1.29, 1.82) is 0 Å². The lowest BCUT2D eigenvalue weighted by Gasteiger charge is -2.33. The van der Waals surface area contributed by atoms with E-state index in [1.807, 2.05) is 39.8 Å². The molecule has 1 aliphatic heterocycles. The summed E-state index contributed by atoms with van der Waals surface area (Å²) in [5.41, 5.74) is 0.660. The third-order valence-corrected chi connectivity index (χ3v) is 3.52. The summed E-state index contributed by atoms with van der Waals surface area (Å²) >= 11 is 0. The van der Waals surface area contributed by atoms with Gasteiger partial charge >= 0.3 is 6.09 Å². The minimum Gasteiger partial charge on any atom is -0.477 e. The highest BCUT2D eigenvalue weighted by molar-refractivity contribution is 5.68. The Labute approximate surface area is 132 Å². The highest BCUT2D eigenvalue weighted by atomic mass is 16.6. The molecule has 2 heterocycles. The summed E-state index contributed by atoms with van der Waals surface area (Å²) in [6.07, 6.45) is 3.61. The molecule has 1 aromatic rings. The number of piperidine rings is 1. The third kappa shape index (κ3) is 5.20. The molecule has 1 aromatic heterocycles. The van der Waals surface area contributed by atoms with Gasteiger partial charge in [0.05, 0.1) is 6.61 Å². The Bertz CT molecular complexity index is 494. The van der Waals surface area contributed by atoms with Crippen LogP contribution in [0.15, 0.2) is 18.3 Å². The molecule has 0 aliphatic carbocycles. The molecule has 0 spiro atoms. The van der Waals surface area contributed by atoms with E-state index >= 15 is 0 Å². The van der Waals surface area contributed by atoms with Gasteiger partial charge < -0.3 is 14.4 Å². The van der Waals surface area contributed by atoms with Crippen LogP contribution in [-0.4, -0.2) is 41.3 Å². The largest absolute Gasteiger partial charge is 0.477 e. The molecule has 1 fully saturated rings. The Morgan fingerprint density at radius 3 is 2.82 bits per heavy atom. The van der Waals surface area contributed by atoms with Crippen molar-refractivity contribution >= 4 is 6.09 Å². The Morgan fingerprint density at radius 1 is 1.41 bits per heavy atom. The molecule has 22 heavy (non-hydrogen) atoms. The lowest BCUT2D eigenvalue weighted by Crippen LogP contribution is -2.44. The first-order chi connectivity index (χ1) is 10.3. The lowest BCUT2D eigenvalue weighted by molar-refractivity contribution is 0.0138. The molecule has 0 saturated carbocycles. The number of aromatic nitrogens is 1. The van der Waals surface area contributed by atoms with Gasteiger partial charge in [0.2, 0.25) is 5.88 Å². The van der Waals surface area contributed by atoms with E-state index in [0.29, 0.717) is 24.9 Å². The predicted molar refractivity (Wildman–Crippen MR) is 85.0 cm³/mol. The number of nitrogens with zero attached hydrogens (tertiary/aromatic N) is 2. The second-order valence-corrected chi connectivity index (χ2v) is 6.92. The summed E-state index contributed by atoms with van der Waals surface area (Å²) in [5.74, 6) is 0.962. The Hall–Kier alpha value is -1.78. The number of pyridine rings is 1. The summed E-state index contributed by atoms with van der Waals surface area (Å²) in [7, 11) is 0. The van der Waals surface area contributed by atoms with Gasteiger partial charge in [-0.15, -0.1) is 0 Å². The van der Waals surface area contributed by atoms with Gasteiger partial charge in [-0.2, -0.15) is 0 Å². The monoisotopic (exact) mass is 306 g/mol. The van der Waals surface area contributed by atoms with Gasteiger partial charge in [0.15, 0.2) is 0 Å². The maximum Gasteiger partial charge on any atom is 0.410 e. The molecule has 5 nitrogen and oxygen atoms in total. The average molecular weight is 306 g/mol. The van der Waals surface area contributed by atoms with E-state index in [-0.39, 0.29) is 6.09 Å². The second-order valence-electron chi connectivity index (χ2n) is 6.92. The highest BCUT2D eigenvalue weighted by Crippen LogP contribution is 2.20. The molecule has 1 atom stereocenters. The zero-order chi connectivity index (χ0) is 16.2. The Balaban J connectivity index is 1.82. The molecule has 1 unspecified atom stereocenters. The molecular formula is C17H26N2O3. The van der Waals surface area contributed by atoms with Crippen LogP contribution in [0.5, 0.6) is 5.88 Å². The van der Waals surface area contributed by atoms with Gasteiger partial charge in [-0.3, -0.25) is 0 Å². The molecule has 0 aromatic carbocycles. The number of aryl methyl sites for hydroxylation is 1. The zero-order valence-electron chi connectivity index (χ0n) is 14.0. The van der Waals surface area contributed by atoms with Crippen molar-refractivity contribution in [2.75, 3.05) is 19.7 Å². The quantitative estimate of drug-likeness (QED) is 0.858. The first-order valence-corrected chi connectivity index (χ1v) is 7.87. The van der Waals surface area contributed by atoms with E-state index in [1.54, 1.807) is 11.1 Å². The number of ether oxygens (including phenoxy) is 2. The van der Waals surface area contributed by atoms with E-state index in [1.165, 1.54) is 0 Å². The number of amides is 1. The van der Waals surface area contributed by atoms with Crippen LogP contribution in [0, 0.1) is 12.8 Å². The van der Waals surface area contributed by atoms with Gasteiger partial charge in [0, 0.05) is 31.3 Å². The summed E-state index contributed by atoms with van der Waals surface area (Å²) in [5, 5.41) is 0. The fourth-order valence-electron chi connectivity index (χ4n) is 2.44. The van der Waals surface area contributed by atoms with Crippen LogP contribution in [0.1, 0.15) is 39.2 Å². The molecule has 1 amide bonds. The second kappa shape index (κ2) is 6.99. The van der Waals surface area contributed by atoms with Crippen molar-refractivity contribution in [2.45, 2.75) is 46.1 Å². The van der Waals surface area contributed by atoms with Crippen LogP contribution in [-0.2, 0) is 4.74 Å². The number of carbonyl (C=O) groups is 1. The molecule has 0 bridgehead atoms. The molecule has 1 aliphatic rings. The first kappa shape index (κ1) is 16.6. The van der Waals surface area contributed by atoms with E-state index in [9.17, 15) is 4.79 Å². The molecule has 5 heteroatoms. The summed E-state index contributed by atoms with van der Waals surface area (Å²) in [4.78, 5) is 18.1. The number of hydrogen-bond acceptors (Lipinski definition) is 4. The van der Waals surface area contributed by atoms with Crippen molar-refractivity contribution < 1.29 is 14.3 Å². The van der Waals surface area contributed by atoms with Gasteiger partial charge in [-0.1, -0.05) is 6.07 Å². The van der Waals surface area contributed by atoms with E-state index in [4.69, 9.17) is 9.47 Å². The van der Waals surface area contributed by atoms with Crippen molar-refractivity contribution in [3.8, 4) is 5.88 Å². The maximum absolute atomic E-state index is 12.1. The Morgan fingerprint density at radius 2 is 2.18 bits per heavy atom. The van der Waals surface area contributed by atoms with E-state index in [0.717, 1.165) is 24.9 Å². The van der Waals surface area contributed by atoms with Crippen LogP contribution in [0.4, 0.5) is 4.79 Å². The van der Waals surface area contributed by atoms with Crippen LogP contribution >= 0.6 is 0 Å². The SMILES string of the molecule is Cc1ccc(OCC2CCCN(C(=O)OC(C)(C)C)C2)nc1. The maximum atomic E-state index is 12.1. The van der Waals surface area contributed by atoms with Crippen LogP contribution in [0.3, 0.4) is 0 Å². The lowest BCUT2D eigenvalue weighted by atomic mass is 9.99. The summed E-state index contributed by atoms with van der Waals surface area (Å²) in [6, 6.07) is 3.86. The number of likely N-dealkylation sites (tertiary alicyclic amines) is 1. The minimum absolute atomic E-state index is 0.231. The van der Waals surface area contributed by atoms with Gasteiger partial charge in [-0.25, -0.2) is 9.78 Å². The molecule has 0 radical (unpaired) electrons. The van der Waals surface area contributed by atoms with E-state index < -0.39 is 5.60 Å².